The number of benzene rings is 1. The molecule has 1 unspecified atom stereocenters. The molecule has 5 rings (SSSR count). The third-order valence-electron chi connectivity index (χ3n) is 8.55. The summed E-state index contributed by atoms with van der Waals surface area (Å²) in [4.78, 5) is 9.36. The largest absolute Gasteiger partial charge is 0.500 e. The van der Waals surface area contributed by atoms with Gasteiger partial charge in [-0.1, -0.05) is 44.2 Å². The second-order valence-electron chi connectivity index (χ2n) is 11.6. The zero-order valence-corrected chi connectivity index (χ0v) is 23.9. The van der Waals surface area contributed by atoms with Gasteiger partial charge in [-0.2, -0.15) is 0 Å². The van der Waals surface area contributed by atoms with Gasteiger partial charge >= 0.3 is 0 Å². The maximum atomic E-state index is 6.08. The van der Waals surface area contributed by atoms with E-state index in [1.807, 2.05) is 19.5 Å². The Morgan fingerprint density at radius 2 is 1.76 bits per heavy atom. The Morgan fingerprint density at radius 1 is 1.03 bits per heavy atom. The fourth-order valence-corrected chi connectivity index (χ4v) is 6.56. The van der Waals surface area contributed by atoms with Crippen molar-refractivity contribution in [1.82, 2.24) is 9.97 Å². The molecule has 2 aromatic heterocycles. The smallest absolute Gasteiger partial charge is 0.107 e. The minimum atomic E-state index is 0.258. The Bertz CT molecular complexity index is 1400. The molecule has 0 N–H and O–H groups in total. The van der Waals surface area contributed by atoms with Crippen molar-refractivity contribution >= 4 is 16.5 Å². The van der Waals surface area contributed by atoms with Gasteiger partial charge in [-0.3, -0.25) is 9.97 Å². The van der Waals surface area contributed by atoms with E-state index >= 15 is 0 Å². The number of allylic oxidation sites excluding steroid dienone is 5. The topological polar surface area (TPSA) is 35.0 Å². The van der Waals surface area contributed by atoms with Crippen LogP contribution in [0.5, 0.6) is 0 Å². The summed E-state index contributed by atoms with van der Waals surface area (Å²) in [7, 11) is 1.84. The lowest BCUT2D eigenvalue weighted by Crippen LogP contribution is -2.29. The lowest BCUT2D eigenvalue weighted by atomic mass is 9.62. The van der Waals surface area contributed by atoms with Gasteiger partial charge in [0.25, 0.3) is 0 Å². The van der Waals surface area contributed by atoms with E-state index in [-0.39, 0.29) is 5.41 Å². The maximum Gasteiger partial charge on any atom is 0.107 e. The number of hydrogen-bond acceptors (Lipinski definition) is 3. The molecule has 0 aliphatic heterocycles. The average molecular weight is 507 g/mol. The second kappa shape index (κ2) is 10.9. The Labute approximate surface area is 228 Å². The molecule has 1 aromatic carbocycles. The zero-order chi connectivity index (χ0) is 26.9. The van der Waals surface area contributed by atoms with E-state index in [0.29, 0.717) is 5.92 Å². The average Bonchev–Trinajstić information content (AvgIpc) is 3.71. The van der Waals surface area contributed by atoms with Gasteiger partial charge in [0.1, 0.15) is 5.76 Å². The summed E-state index contributed by atoms with van der Waals surface area (Å²) in [5.41, 5.74) is 11.2. The van der Waals surface area contributed by atoms with Crippen molar-refractivity contribution in [3.8, 4) is 0 Å². The number of nitrogens with zero attached hydrogens (tertiary/aromatic N) is 2. The summed E-state index contributed by atoms with van der Waals surface area (Å²) in [6.45, 7) is 13.4. The molecule has 1 saturated carbocycles. The number of aromatic nitrogens is 2. The van der Waals surface area contributed by atoms with Crippen LogP contribution in [0.3, 0.4) is 0 Å². The highest BCUT2D eigenvalue weighted by Crippen LogP contribution is 2.54. The fourth-order valence-electron chi connectivity index (χ4n) is 6.56. The van der Waals surface area contributed by atoms with Crippen LogP contribution in [-0.2, 0) is 11.2 Å². The highest BCUT2D eigenvalue weighted by molar-refractivity contribution is 5.86. The van der Waals surface area contributed by atoms with Crippen molar-refractivity contribution < 1.29 is 4.74 Å². The number of fused-ring (bicyclic) bond motifs is 1. The zero-order valence-electron chi connectivity index (χ0n) is 23.9. The number of hydrogen-bond donors (Lipinski definition) is 0. The minimum absolute atomic E-state index is 0.258. The first-order chi connectivity index (χ1) is 18.4. The highest BCUT2D eigenvalue weighted by Gasteiger charge is 2.40. The van der Waals surface area contributed by atoms with Crippen molar-refractivity contribution in [2.45, 2.75) is 79.1 Å². The molecule has 38 heavy (non-hydrogen) atoms. The Kier molecular flexibility index (Phi) is 7.56. The SMILES string of the molecule is C=C(/C(C1=CC(CCC)(CCCc2ccc3c(C)cccc3n2)C1)=C(\OC)C1CC1)c1c(C)cncc1C. The Hall–Kier alpha value is -3.20. The molecule has 3 aromatic rings. The van der Waals surface area contributed by atoms with E-state index in [2.05, 4.69) is 75.7 Å². The molecule has 0 spiro atoms. The van der Waals surface area contributed by atoms with E-state index in [4.69, 9.17) is 9.72 Å². The number of aryl methyl sites for hydroxylation is 4. The van der Waals surface area contributed by atoms with E-state index in [0.717, 1.165) is 36.1 Å². The quantitative estimate of drug-likeness (QED) is 0.192. The van der Waals surface area contributed by atoms with Gasteiger partial charge in [0.2, 0.25) is 0 Å². The molecular weight excluding hydrogens is 464 g/mol. The predicted octanol–water partition coefficient (Wildman–Crippen LogP) is 9.02. The molecule has 0 amide bonds. The van der Waals surface area contributed by atoms with Crippen molar-refractivity contribution in [2.24, 2.45) is 11.3 Å². The van der Waals surface area contributed by atoms with Crippen molar-refractivity contribution in [2.75, 3.05) is 7.11 Å². The first-order valence-electron chi connectivity index (χ1n) is 14.3. The fraction of sp³-hybridized carbons (Fsp3) is 0.429. The molecule has 0 radical (unpaired) electrons. The van der Waals surface area contributed by atoms with E-state index < -0.39 is 0 Å². The summed E-state index contributed by atoms with van der Waals surface area (Å²) in [6.07, 6.45) is 15.8. The first-order valence-corrected chi connectivity index (χ1v) is 14.3. The molecule has 198 valence electrons. The molecule has 3 heteroatoms. The molecule has 1 fully saturated rings. The minimum Gasteiger partial charge on any atom is -0.500 e. The van der Waals surface area contributed by atoms with E-state index in [9.17, 15) is 0 Å². The summed E-state index contributed by atoms with van der Waals surface area (Å²) >= 11 is 0. The van der Waals surface area contributed by atoms with Crippen LogP contribution in [0.4, 0.5) is 0 Å². The maximum absolute atomic E-state index is 6.08. The van der Waals surface area contributed by atoms with Gasteiger partial charge in [0.05, 0.1) is 12.6 Å². The van der Waals surface area contributed by atoms with Crippen LogP contribution in [0.25, 0.3) is 16.5 Å². The van der Waals surface area contributed by atoms with Gasteiger partial charge in [-0.15, -0.1) is 0 Å². The highest BCUT2D eigenvalue weighted by atomic mass is 16.5. The van der Waals surface area contributed by atoms with E-state index in [1.165, 1.54) is 76.6 Å². The molecule has 0 bridgehead atoms. The number of rotatable bonds is 11. The van der Waals surface area contributed by atoms with E-state index in [1.54, 1.807) is 0 Å². The third kappa shape index (κ3) is 5.21. The molecule has 0 saturated heterocycles. The summed E-state index contributed by atoms with van der Waals surface area (Å²) in [5.74, 6) is 1.66. The van der Waals surface area contributed by atoms with Crippen molar-refractivity contribution in [1.29, 1.82) is 0 Å². The molecular formula is C35H42N2O. The molecule has 1 atom stereocenters. The molecule has 2 aliphatic rings. The normalized spacial score (nSPS) is 19.6. The van der Waals surface area contributed by atoms with Gasteiger partial charge in [-0.05, 0) is 117 Å². The summed E-state index contributed by atoms with van der Waals surface area (Å²) < 4.78 is 6.08. The number of ether oxygens (including phenoxy) is 1. The monoisotopic (exact) mass is 506 g/mol. The third-order valence-corrected chi connectivity index (χ3v) is 8.55. The number of methoxy groups -OCH3 is 1. The predicted molar refractivity (Wildman–Crippen MR) is 159 cm³/mol. The lowest BCUT2D eigenvalue weighted by molar-refractivity contribution is 0.256. The second-order valence-corrected chi connectivity index (χ2v) is 11.6. The van der Waals surface area contributed by atoms with Crippen molar-refractivity contribution in [3.63, 3.8) is 0 Å². The van der Waals surface area contributed by atoms with Gasteiger partial charge in [0.15, 0.2) is 0 Å². The van der Waals surface area contributed by atoms with Crippen LogP contribution in [0, 0.1) is 32.1 Å². The first kappa shape index (κ1) is 26.4. The molecule has 2 aliphatic carbocycles. The van der Waals surface area contributed by atoms with Crippen LogP contribution in [-0.4, -0.2) is 17.1 Å². The lowest BCUT2D eigenvalue weighted by Gasteiger charge is -2.42. The summed E-state index contributed by atoms with van der Waals surface area (Å²) in [6, 6.07) is 10.9. The van der Waals surface area contributed by atoms with Crippen LogP contribution in [0.1, 0.15) is 79.8 Å². The van der Waals surface area contributed by atoms with Crippen LogP contribution in [0.2, 0.25) is 0 Å². The molecule has 2 heterocycles. The van der Waals surface area contributed by atoms with Crippen molar-refractivity contribution in [3.05, 3.63) is 100 Å². The van der Waals surface area contributed by atoms with Crippen LogP contribution < -0.4 is 0 Å². The molecule has 3 nitrogen and oxygen atoms in total. The summed E-state index contributed by atoms with van der Waals surface area (Å²) in [5, 5.41) is 1.26. The standard InChI is InChI=1S/C35H42N2O/c1-7-17-35(18-9-11-29-15-16-30-23(2)10-8-12-31(30)37-29)19-28(20-35)33(34(38-6)27-13-14-27)26(5)32-24(3)21-36-22-25(32)4/h8,10,12,15-16,19,21-22,27H,5,7,9,11,13-14,17-18,20H2,1-4,6H3/b34-33+. The Morgan fingerprint density at radius 3 is 2.42 bits per heavy atom. The number of pyridine rings is 2. The van der Waals surface area contributed by atoms with Gasteiger partial charge in [0, 0.05) is 35.0 Å². The Balaban J connectivity index is 1.38. The van der Waals surface area contributed by atoms with Crippen LogP contribution in [0.15, 0.2) is 72.3 Å². The van der Waals surface area contributed by atoms with Gasteiger partial charge < -0.3 is 4.74 Å². The van der Waals surface area contributed by atoms with Crippen LogP contribution >= 0.6 is 0 Å². The van der Waals surface area contributed by atoms with Gasteiger partial charge in [-0.25, -0.2) is 0 Å².